The number of nitrogens with one attached hydrogen (secondary N) is 1. The standard InChI is InChI=1S/C14H16N4O2/c1-10-2-5-13(8-14(10)18(19)20)17-7-6-12(16-17)9-15-11-3-4-11/h2,5-8,11,15H,3-4,9H2,1H3. The van der Waals surface area contributed by atoms with Crippen molar-refractivity contribution >= 4 is 5.69 Å². The molecule has 0 amide bonds. The van der Waals surface area contributed by atoms with Crippen molar-refractivity contribution in [3.8, 4) is 5.69 Å². The monoisotopic (exact) mass is 272 g/mol. The molecule has 1 aliphatic rings. The van der Waals surface area contributed by atoms with E-state index in [1.54, 1.807) is 23.7 Å². The van der Waals surface area contributed by atoms with Crippen LogP contribution in [0.1, 0.15) is 24.1 Å². The topological polar surface area (TPSA) is 73.0 Å². The van der Waals surface area contributed by atoms with Gasteiger partial charge < -0.3 is 5.32 Å². The van der Waals surface area contributed by atoms with Gasteiger partial charge in [-0.1, -0.05) is 6.07 Å². The number of aryl methyl sites for hydroxylation is 1. The zero-order chi connectivity index (χ0) is 14.1. The van der Waals surface area contributed by atoms with Gasteiger partial charge in [-0.2, -0.15) is 5.10 Å². The Morgan fingerprint density at radius 3 is 2.95 bits per heavy atom. The summed E-state index contributed by atoms with van der Waals surface area (Å²) in [4.78, 5) is 10.6. The fourth-order valence-electron chi connectivity index (χ4n) is 2.07. The molecule has 0 bridgehead atoms. The molecule has 0 atom stereocenters. The van der Waals surface area contributed by atoms with Gasteiger partial charge in [0, 0.05) is 30.4 Å². The van der Waals surface area contributed by atoms with E-state index in [2.05, 4.69) is 10.4 Å². The van der Waals surface area contributed by atoms with Crippen molar-refractivity contribution in [1.82, 2.24) is 15.1 Å². The first kappa shape index (κ1) is 12.8. The summed E-state index contributed by atoms with van der Waals surface area (Å²) in [6.07, 6.45) is 4.31. The molecule has 0 aliphatic heterocycles. The van der Waals surface area contributed by atoms with Crippen LogP contribution in [0.3, 0.4) is 0 Å². The Morgan fingerprint density at radius 1 is 1.45 bits per heavy atom. The maximum Gasteiger partial charge on any atom is 0.274 e. The van der Waals surface area contributed by atoms with Gasteiger partial charge in [0.25, 0.3) is 5.69 Å². The van der Waals surface area contributed by atoms with Gasteiger partial charge in [-0.15, -0.1) is 0 Å². The Balaban J connectivity index is 1.81. The molecule has 20 heavy (non-hydrogen) atoms. The predicted molar refractivity (Wildman–Crippen MR) is 74.8 cm³/mol. The van der Waals surface area contributed by atoms with Gasteiger partial charge in [0.2, 0.25) is 0 Å². The molecule has 1 aromatic heterocycles. The van der Waals surface area contributed by atoms with Crippen LogP contribution in [-0.4, -0.2) is 20.7 Å². The zero-order valence-corrected chi connectivity index (χ0v) is 11.2. The molecule has 6 nitrogen and oxygen atoms in total. The Bertz CT molecular complexity index is 646. The molecule has 104 valence electrons. The van der Waals surface area contributed by atoms with E-state index in [1.165, 1.54) is 12.8 Å². The summed E-state index contributed by atoms with van der Waals surface area (Å²) in [5.74, 6) is 0. The van der Waals surface area contributed by atoms with E-state index in [0.717, 1.165) is 12.2 Å². The molecule has 1 fully saturated rings. The van der Waals surface area contributed by atoms with E-state index in [9.17, 15) is 10.1 Å². The minimum atomic E-state index is -0.363. The number of rotatable bonds is 5. The van der Waals surface area contributed by atoms with E-state index in [1.807, 2.05) is 18.3 Å². The van der Waals surface area contributed by atoms with Crippen LogP contribution < -0.4 is 5.32 Å². The van der Waals surface area contributed by atoms with Gasteiger partial charge in [-0.3, -0.25) is 10.1 Å². The number of benzene rings is 1. The Labute approximate surface area is 116 Å². The first-order chi connectivity index (χ1) is 9.63. The second-order valence-corrected chi connectivity index (χ2v) is 5.13. The molecule has 6 heteroatoms. The summed E-state index contributed by atoms with van der Waals surface area (Å²) >= 11 is 0. The third-order valence-electron chi connectivity index (χ3n) is 3.45. The SMILES string of the molecule is Cc1ccc(-n2ccc(CNC3CC3)n2)cc1[N+](=O)[O-]. The molecular formula is C14H16N4O2. The molecule has 1 heterocycles. The largest absolute Gasteiger partial charge is 0.308 e. The molecule has 0 unspecified atom stereocenters. The number of aromatic nitrogens is 2. The smallest absolute Gasteiger partial charge is 0.274 e. The Hall–Kier alpha value is -2.21. The minimum Gasteiger partial charge on any atom is -0.308 e. The van der Waals surface area contributed by atoms with Crippen LogP contribution in [0.4, 0.5) is 5.69 Å². The lowest BCUT2D eigenvalue weighted by Gasteiger charge is -2.03. The lowest BCUT2D eigenvalue weighted by atomic mass is 10.2. The molecule has 0 spiro atoms. The van der Waals surface area contributed by atoms with Gasteiger partial charge in [-0.25, -0.2) is 4.68 Å². The van der Waals surface area contributed by atoms with E-state index >= 15 is 0 Å². The van der Waals surface area contributed by atoms with E-state index < -0.39 is 0 Å². The fraction of sp³-hybridized carbons (Fsp3) is 0.357. The summed E-state index contributed by atoms with van der Waals surface area (Å²) in [6, 6.07) is 7.72. The van der Waals surface area contributed by atoms with Crippen LogP contribution in [-0.2, 0) is 6.54 Å². The highest BCUT2D eigenvalue weighted by Gasteiger charge is 2.20. The highest BCUT2D eigenvalue weighted by Crippen LogP contribution is 2.22. The summed E-state index contributed by atoms with van der Waals surface area (Å²) in [6.45, 7) is 2.47. The minimum absolute atomic E-state index is 0.121. The van der Waals surface area contributed by atoms with Crippen LogP contribution in [0.15, 0.2) is 30.5 Å². The van der Waals surface area contributed by atoms with Gasteiger partial charge in [0.15, 0.2) is 0 Å². The second-order valence-electron chi connectivity index (χ2n) is 5.13. The lowest BCUT2D eigenvalue weighted by Crippen LogP contribution is -2.15. The second kappa shape index (κ2) is 5.05. The summed E-state index contributed by atoms with van der Waals surface area (Å²) in [5.41, 5.74) is 2.43. The van der Waals surface area contributed by atoms with Crippen molar-refractivity contribution in [3.63, 3.8) is 0 Å². The normalized spacial score (nSPS) is 14.4. The van der Waals surface area contributed by atoms with Crippen molar-refractivity contribution in [3.05, 3.63) is 51.8 Å². The summed E-state index contributed by atoms with van der Waals surface area (Å²) in [7, 11) is 0. The van der Waals surface area contributed by atoms with E-state index in [4.69, 9.17) is 0 Å². The van der Waals surface area contributed by atoms with Crippen LogP contribution in [0, 0.1) is 17.0 Å². The maximum absolute atomic E-state index is 11.0. The highest BCUT2D eigenvalue weighted by atomic mass is 16.6. The number of nitro groups is 1. The van der Waals surface area contributed by atoms with Gasteiger partial charge >= 0.3 is 0 Å². The molecule has 0 radical (unpaired) electrons. The third-order valence-corrected chi connectivity index (χ3v) is 3.45. The first-order valence-corrected chi connectivity index (χ1v) is 6.67. The van der Waals surface area contributed by atoms with Crippen molar-refractivity contribution in [2.45, 2.75) is 32.4 Å². The van der Waals surface area contributed by atoms with Crippen LogP contribution in [0.5, 0.6) is 0 Å². The molecule has 1 N–H and O–H groups in total. The summed E-state index contributed by atoms with van der Waals surface area (Å²) in [5, 5.41) is 18.8. The molecule has 0 saturated heterocycles. The zero-order valence-electron chi connectivity index (χ0n) is 11.2. The molecule has 1 aromatic carbocycles. The van der Waals surface area contributed by atoms with Gasteiger partial charge in [-0.05, 0) is 31.9 Å². The highest BCUT2D eigenvalue weighted by molar-refractivity contribution is 5.48. The average Bonchev–Trinajstić information content (AvgIpc) is 3.14. The van der Waals surface area contributed by atoms with Crippen molar-refractivity contribution < 1.29 is 4.92 Å². The quantitative estimate of drug-likeness (QED) is 0.669. The molecule has 1 saturated carbocycles. The van der Waals surface area contributed by atoms with Crippen molar-refractivity contribution in [2.75, 3.05) is 0 Å². The molecular weight excluding hydrogens is 256 g/mol. The first-order valence-electron chi connectivity index (χ1n) is 6.67. The van der Waals surface area contributed by atoms with Crippen LogP contribution >= 0.6 is 0 Å². The lowest BCUT2D eigenvalue weighted by molar-refractivity contribution is -0.385. The van der Waals surface area contributed by atoms with Crippen LogP contribution in [0.2, 0.25) is 0 Å². The molecule has 1 aliphatic carbocycles. The Kier molecular flexibility index (Phi) is 3.23. The number of nitro benzene ring substituents is 1. The molecule has 2 aromatic rings. The molecule has 3 rings (SSSR count). The predicted octanol–water partition coefficient (Wildman–Crippen LogP) is 2.34. The van der Waals surface area contributed by atoms with Crippen LogP contribution in [0.25, 0.3) is 5.69 Å². The Morgan fingerprint density at radius 2 is 2.25 bits per heavy atom. The summed E-state index contributed by atoms with van der Waals surface area (Å²) < 4.78 is 1.68. The van der Waals surface area contributed by atoms with Crippen molar-refractivity contribution in [2.24, 2.45) is 0 Å². The third kappa shape index (κ3) is 2.70. The van der Waals surface area contributed by atoms with E-state index in [0.29, 0.717) is 17.3 Å². The average molecular weight is 272 g/mol. The van der Waals surface area contributed by atoms with Gasteiger partial charge in [0.1, 0.15) is 0 Å². The number of hydrogen-bond donors (Lipinski definition) is 1. The fourth-order valence-corrected chi connectivity index (χ4v) is 2.07. The van der Waals surface area contributed by atoms with Gasteiger partial charge in [0.05, 0.1) is 16.3 Å². The number of nitrogens with zero attached hydrogens (tertiary/aromatic N) is 3. The van der Waals surface area contributed by atoms with E-state index in [-0.39, 0.29) is 10.6 Å². The maximum atomic E-state index is 11.0. The van der Waals surface area contributed by atoms with Crippen molar-refractivity contribution in [1.29, 1.82) is 0 Å². The number of hydrogen-bond acceptors (Lipinski definition) is 4.